The molecule has 0 aliphatic heterocycles. The number of aryl methyl sites for hydroxylation is 1. The second kappa shape index (κ2) is 5.47. The summed E-state index contributed by atoms with van der Waals surface area (Å²) in [4.78, 5) is 1.02. The third-order valence-electron chi connectivity index (χ3n) is 2.54. The Balaban J connectivity index is 2.35. The summed E-state index contributed by atoms with van der Waals surface area (Å²) in [7, 11) is -3.90. The van der Waals surface area contributed by atoms with Gasteiger partial charge < -0.3 is 5.11 Å². The fourth-order valence-electron chi connectivity index (χ4n) is 1.64. The minimum atomic E-state index is -3.90. The maximum atomic E-state index is 13.1. The molecule has 1 heterocycles. The van der Waals surface area contributed by atoms with E-state index in [0.717, 1.165) is 29.5 Å². The number of rotatable bonds is 4. The van der Waals surface area contributed by atoms with Crippen molar-refractivity contribution >= 4 is 27.0 Å². The van der Waals surface area contributed by atoms with Gasteiger partial charge in [0.1, 0.15) is 4.90 Å². The molecule has 0 bridgehead atoms. The largest absolute Gasteiger partial charge is 0.391 e. The number of hydrogen-bond acceptors (Lipinski definition) is 4. The minimum absolute atomic E-state index is 0.0104. The van der Waals surface area contributed by atoms with Gasteiger partial charge in [-0.15, -0.1) is 11.3 Å². The number of aliphatic hydroxyl groups excluding tert-OH is 1. The molecule has 0 spiro atoms. The normalized spacial score (nSPS) is 11.6. The molecule has 8 heteroatoms. The zero-order chi connectivity index (χ0) is 14.9. The number of aliphatic hydroxyl groups is 1. The molecule has 0 saturated heterocycles. The maximum Gasteiger partial charge on any atom is 0.263 e. The SMILES string of the molecule is Cc1sc(CO)cc1S(=O)(=O)Nc1ccc(F)c(F)c1. The summed E-state index contributed by atoms with van der Waals surface area (Å²) < 4.78 is 52.3. The van der Waals surface area contributed by atoms with E-state index < -0.39 is 21.7 Å². The molecule has 1 aromatic carbocycles. The van der Waals surface area contributed by atoms with E-state index in [2.05, 4.69) is 4.72 Å². The van der Waals surface area contributed by atoms with Gasteiger partial charge in [-0.25, -0.2) is 17.2 Å². The van der Waals surface area contributed by atoms with Crippen LogP contribution in [0.3, 0.4) is 0 Å². The molecule has 20 heavy (non-hydrogen) atoms. The van der Waals surface area contributed by atoms with Gasteiger partial charge in [0, 0.05) is 15.8 Å². The number of sulfonamides is 1. The molecule has 0 amide bonds. The van der Waals surface area contributed by atoms with Crippen LogP contribution in [0.2, 0.25) is 0 Å². The van der Waals surface area contributed by atoms with Gasteiger partial charge in [0.05, 0.1) is 12.3 Å². The highest BCUT2D eigenvalue weighted by Gasteiger charge is 2.20. The van der Waals surface area contributed by atoms with Crippen LogP contribution >= 0.6 is 11.3 Å². The van der Waals surface area contributed by atoms with Crippen LogP contribution in [0, 0.1) is 18.6 Å². The van der Waals surface area contributed by atoms with Crippen LogP contribution in [0.1, 0.15) is 9.75 Å². The van der Waals surface area contributed by atoms with Crippen LogP contribution in [0.15, 0.2) is 29.2 Å². The van der Waals surface area contributed by atoms with Gasteiger partial charge in [-0.1, -0.05) is 0 Å². The zero-order valence-electron chi connectivity index (χ0n) is 10.4. The first-order valence-electron chi connectivity index (χ1n) is 5.51. The van der Waals surface area contributed by atoms with Crippen molar-refractivity contribution in [3.05, 3.63) is 45.7 Å². The average Bonchev–Trinajstić information content (AvgIpc) is 2.76. The minimum Gasteiger partial charge on any atom is -0.391 e. The number of anilines is 1. The second-order valence-corrected chi connectivity index (χ2v) is 7.02. The van der Waals surface area contributed by atoms with Gasteiger partial charge in [-0.05, 0) is 25.1 Å². The fraction of sp³-hybridized carbons (Fsp3) is 0.167. The molecular formula is C12H11F2NO3S2. The Kier molecular flexibility index (Phi) is 4.07. The summed E-state index contributed by atoms with van der Waals surface area (Å²) in [5.74, 6) is -2.19. The van der Waals surface area contributed by atoms with Crippen molar-refractivity contribution in [3.8, 4) is 0 Å². The molecule has 0 atom stereocenters. The molecule has 0 aliphatic rings. The highest BCUT2D eigenvalue weighted by atomic mass is 32.2. The van der Waals surface area contributed by atoms with Crippen LogP contribution in [-0.4, -0.2) is 13.5 Å². The van der Waals surface area contributed by atoms with Crippen molar-refractivity contribution in [1.82, 2.24) is 0 Å². The summed E-state index contributed by atoms with van der Waals surface area (Å²) in [6, 6.07) is 4.08. The Bertz CT molecular complexity index is 741. The van der Waals surface area contributed by atoms with Gasteiger partial charge in [0.25, 0.3) is 10.0 Å². The van der Waals surface area contributed by atoms with E-state index in [-0.39, 0.29) is 17.2 Å². The molecule has 1 aromatic heterocycles. The smallest absolute Gasteiger partial charge is 0.263 e. The van der Waals surface area contributed by atoms with Crippen LogP contribution in [-0.2, 0) is 16.6 Å². The van der Waals surface area contributed by atoms with E-state index in [9.17, 15) is 17.2 Å². The van der Waals surface area contributed by atoms with E-state index in [1.54, 1.807) is 6.92 Å². The Morgan fingerprint density at radius 2 is 1.95 bits per heavy atom. The maximum absolute atomic E-state index is 13.1. The number of nitrogens with one attached hydrogen (secondary N) is 1. The van der Waals surface area contributed by atoms with Crippen molar-refractivity contribution in [2.45, 2.75) is 18.4 Å². The van der Waals surface area contributed by atoms with Gasteiger partial charge in [0.15, 0.2) is 11.6 Å². The Morgan fingerprint density at radius 3 is 2.50 bits per heavy atom. The molecule has 0 fully saturated rings. The number of thiophene rings is 1. The first-order valence-corrected chi connectivity index (χ1v) is 7.81. The van der Waals surface area contributed by atoms with Gasteiger partial charge in [-0.2, -0.15) is 0 Å². The third kappa shape index (κ3) is 2.97. The topological polar surface area (TPSA) is 66.4 Å². The molecule has 0 unspecified atom stereocenters. The molecule has 108 valence electrons. The van der Waals surface area contributed by atoms with Gasteiger partial charge in [0.2, 0.25) is 0 Å². The van der Waals surface area contributed by atoms with Crippen LogP contribution < -0.4 is 4.72 Å². The zero-order valence-corrected chi connectivity index (χ0v) is 12.0. The van der Waals surface area contributed by atoms with E-state index in [1.807, 2.05) is 0 Å². The number of benzene rings is 1. The summed E-state index contributed by atoms with van der Waals surface area (Å²) in [6.45, 7) is 1.34. The van der Waals surface area contributed by atoms with E-state index >= 15 is 0 Å². The summed E-state index contributed by atoms with van der Waals surface area (Å²) in [5, 5.41) is 9.00. The Hall–Kier alpha value is -1.51. The Labute approximate surface area is 118 Å². The van der Waals surface area contributed by atoms with Gasteiger partial charge >= 0.3 is 0 Å². The number of halogens is 2. The molecule has 0 radical (unpaired) electrons. The lowest BCUT2D eigenvalue weighted by atomic mass is 10.3. The summed E-state index contributed by atoms with van der Waals surface area (Å²) in [5.41, 5.74) is -0.0694. The standard InChI is InChI=1S/C12H11F2NO3S2/c1-7-12(5-9(6-16)19-7)20(17,18)15-8-2-3-10(13)11(14)4-8/h2-5,15-16H,6H2,1H3. The molecule has 0 saturated carbocycles. The highest BCUT2D eigenvalue weighted by molar-refractivity contribution is 7.93. The lowest BCUT2D eigenvalue weighted by Crippen LogP contribution is -2.13. The van der Waals surface area contributed by atoms with Crippen molar-refractivity contribution in [1.29, 1.82) is 0 Å². The molecule has 2 aromatic rings. The lowest BCUT2D eigenvalue weighted by Gasteiger charge is -2.07. The van der Waals surface area contributed by atoms with E-state index in [1.165, 1.54) is 6.07 Å². The summed E-state index contributed by atoms with van der Waals surface area (Å²) >= 11 is 1.15. The van der Waals surface area contributed by atoms with Crippen molar-refractivity contribution < 1.29 is 22.3 Å². The van der Waals surface area contributed by atoms with Crippen molar-refractivity contribution in [2.75, 3.05) is 4.72 Å². The van der Waals surface area contributed by atoms with Crippen LogP contribution in [0.25, 0.3) is 0 Å². The lowest BCUT2D eigenvalue weighted by molar-refractivity contribution is 0.285. The molecule has 4 nitrogen and oxygen atoms in total. The van der Waals surface area contributed by atoms with Crippen molar-refractivity contribution in [2.24, 2.45) is 0 Å². The predicted octanol–water partition coefficient (Wildman–Crippen LogP) is 2.63. The molecule has 2 rings (SSSR count). The monoisotopic (exact) mass is 319 g/mol. The third-order valence-corrected chi connectivity index (χ3v) is 5.21. The second-order valence-electron chi connectivity index (χ2n) is 4.03. The van der Waals surface area contributed by atoms with Crippen molar-refractivity contribution in [3.63, 3.8) is 0 Å². The fourth-order valence-corrected chi connectivity index (χ4v) is 4.18. The molecule has 0 aliphatic carbocycles. The highest BCUT2D eigenvalue weighted by Crippen LogP contribution is 2.27. The first-order chi connectivity index (χ1) is 9.33. The predicted molar refractivity (Wildman–Crippen MR) is 72.1 cm³/mol. The first kappa shape index (κ1) is 14.9. The quantitative estimate of drug-likeness (QED) is 0.910. The average molecular weight is 319 g/mol. The Morgan fingerprint density at radius 1 is 1.25 bits per heavy atom. The van der Waals surface area contributed by atoms with E-state index in [0.29, 0.717) is 9.75 Å². The van der Waals surface area contributed by atoms with E-state index in [4.69, 9.17) is 5.11 Å². The summed E-state index contributed by atoms with van der Waals surface area (Å²) in [6.07, 6.45) is 0. The van der Waals surface area contributed by atoms with Crippen LogP contribution in [0.5, 0.6) is 0 Å². The molecular weight excluding hydrogens is 308 g/mol. The van der Waals surface area contributed by atoms with Crippen LogP contribution in [0.4, 0.5) is 14.5 Å². The van der Waals surface area contributed by atoms with Gasteiger partial charge in [-0.3, -0.25) is 4.72 Å². The number of hydrogen-bond donors (Lipinski definition) is 2. The molecule has 2 N–H and O–H groups in total.